The highest BCUT2D eigenvalue weighted by Crippen LogP contribution is 2.49. The van der Waals surface area contributed by atoms with Gasteiger partial charge in [-0.3, -0.25) is 14.7 Å². The molecule has 0 saturated heterocycles. The first-order chi connectivity index (χ1) is 16.0. The van der Waals surface area contributed by atoms with Crippen molar-refractivity contribution in [2.24, 2.45) is 0 Å². The Kier molecular flexibility index (Phi) is 4.50. The molecule has 2 heterocycles. The van der Waals surface area contributed by atoms with Crippen LogP contribution in [0.25, 0.3) is 17.0 Å². The zero-order valence-electron chi connectivity index (χ0n) is 17.0. The maximum Gasteiger partial charge on any atom is 0.233 e. The molecule has 4 aromatic rings. The Balaban J connectivity index is 1.64. The number of benzene rings is 3. The van der Waals surface area contributed by atoms with E-state index in [4.69, 9.17) is 23.2 Å². The second kappa shape index (κ2) is 7.44. The SMILES string of the molecule is O=C1C(=O)c2ccccc2C2=C1C(c1ccc(Cl)cc1)c1c(n[nH]c1-c1ccc(Cl)cc1)N2. The molecule has 0 bridgehead atoms. The molecule has 2 aliphatic rings. The lowest BCUT2D eigenvalue weighted by Crippen LogP contribution is -2.32. The van der Waals surface area contributed by atoms with Crippen LogP contribution in [0.5, 0.6) is 0 Å². The lowest BCUT2D eigenvalue weighted by Gasteiger charge is -2.32. The van der Waals surface area contributed by atoms with Crippen molar-refractivity contribution in [2.75, 3.05) is 5.32 Å². The van der Waals surface area contributed by atoms with Gasteiger partial charge in [0.1, 0.15) is 0 Å². The van der Waals surface area contributed by atoms with Gasteiger partial charge in [0.15, 0.2) is 5.82 Å². The lowest BCUT2D eigenvalue weighted by atomic mass is 9.73. The molecule has 0 radical (unpaired) electrons. The van der Waals surface area contributed by atoms with Gasteiger partial charge in [0.25, 0.3) is 0 Å². The van der Waals surface area contributed by atoms with Crippen molar-refractivity contribution in [3.8, 4) is 11.3 Å². The highest BCUT2D eigenvalue weighted by molar-refractivity contribution is 6.53. The van der Waals surface area contributed by atoms with E-state index in [-0.39, 0.29) is 0 Å². The summed E-state index contributed by atoms with van der Waals surface area (Å²) in [5, 5.41) is 12.2. The monoisotopic (exact) mass is 471 g/mol. The number of nitrogens with one attached hydrogen (secondary N) is 2. The highest BCUT2D eigenvalue weighted by atomic mass is 35.5. The number of aromatic nitrogens is 2. The number of fused-ring (bicyclic) bond motifs is 3. The fourth-order valence-electron chi connectivity index (χ4n) is 4.63. The van der Waals surface area contributed by atoms with Crippen LogP contribution in [0.1, 0.15) is 33.0 Å². The summed E-state index contributed by atoms with van der Waals surface area (Å²) >= 11 is 12.2. The largest absolute Gasteiger partial charge is 0.338 e. The smallest absolute Gasteiger partial charge is 0.233 e. The molecule has 0 fully saturated rings. The van der Waals surface area contributed by atoms with Crippen LogP contribution in [0, 0.1) is 0 Å². The molecule has 0 amide bonds. The minimum atomic E-state index is -0.523. The van der Waals surface area contributed by atoms with Gasteiger partial charge in [-0.1, -0.05) is 71.7 Å². The van der Waals surface area contributed by atoms with Gasteiger partial charge in [-0.15, -0.1) is 0 Å². The summed E-state index contributed by atoms with van der Waals surface area (Å²) in [5.74, 6) is -0.937. The van der Waals surface area contributed by atoms with E-state index in [1.54, 1.807) is 36.4 Å². The van der Waals surface area contributed by atoms with Crippen molar-refractivity contribution in [3.63, 3.8) is 0 Å². The Morgan fingerprint density at radius 2 is 1.39 bits per heavy atom. The number of Topliss-reactive ketones (excluding diaryl/α,β-unsaturated/α-hetero) is 2. The van der Waals surface area contributed by atoms with E-state index >= 15 is 0 Å². The minimum absolute atomic E-state index is 0.389. The van der Waals surface area contributed by atoms with Crippen LogP contribution in [0.3, 0.4) is 0 Å². The van der Waals surface area contributed by atoms with Crippen LogP contribution >= 0.6 is 23.2 Å². The maximum atomic E-state index is 13.5. The summed E-state index contributed by atoms with van der Waals surface area (Å²) in [6.45, 7) is 0. The van der Waals surface area contributed by atoms with Gasteiger partial charge < -0.3 is 5.32 Å². The van der Waals surface area contributed by atoms with Gasteiger partial charge in [0.2, 0.25) is 11.6 Å². The number of hydrogen-bond donors (Lipinski definition) is 2. The first kappa shape index (κ1) is 20.0. The Morgan fingerprint density at radius 1 is 0.758 bits per heavy atom. The molecule has 0 spiro atoms. The van der Waals surface area contributed by atoms with Gasteiger partial charge in [0, 0.05) is 43.8 Å². The molecule has 1 aliphatic carbocycles. The molecule has 3 aromatic carbocycles. The number of H-pyrrole nitrogens is 1. The number of aromatic amines is 1. The molecule has 0 saturated carbocycles. The normalized spacial score (nSPS) is 16.7. The third kappa shape index (κ3) is 3.04. The number of rotatable bonds is 2. The molecular formula is C26H15Cl2N3O2. The van der Waals surface area contributed by atoms with Crippen molar-refractivity contribution in [1.29, 1.82) is 0 Å². The molecule has 6 rings (SSSR count). The predicted octanol–water partition coefficient (Wildman–Crippen LogP) is 6.12. The van der Waals surface area contributed by atoms with Gasteiger partial charge in [-0.05, 0) is 29.8 Å². The predicted molar refractivity (Wildman–Crippen MR) is 129 cm³/mol. The summed E-state index contributed by atoms with van der Waals surface area (Å²) in [6, 6.07) is 21.8. The molecule has 5 nitrogen and oxygen atoms in total. The molecule has 33 heavy (non-hydrogen) atoms. The first-order valence-corrected chi connectivity index (χ1v) is 11.1. The minimum Gasteiger partial charge on any atom is -0.338 e. The zero-order chi connectivity index (χ0) is 22.7. The van der Waals surface area contributed by atoms with Gasteiger partial charge in [-0.2, -0.15) is 5.10 Å². The summed E-state index contributed by atoms with van der Waals surface area (Å²) in [4.78, 5) is 26.5. The molecule has 1 aromatic heterocycles. The van der Waals surface area contributed by atoms with Crippen molar-refractivity contribution in [1.82, 2.24) is 10.2 Å². The number of carbonyl (C=O) groups is 2. The number of nitrogens with zero attached hydrogens (tertiary/aromatic N) is 1. The van der Waals surface area contributed by atoms with Crippen LogP contribution < -0.4 is 5.32 Å². The molecule has 160 valence electrons. The number of hydrogen-bond acceptors (Lipinski definition) is 4. The van der Waals surface area contributed by atoms with Crippen LogP contribution in [-0.2, 0) is 4.79 Å². The van der Waals surface area contributed by atoms with E-state index in [1.165, 1.54) is 0 Å². The number of carbonyl (C=O) groups excluding carboxylic acids is 2. The molecule has 7 heteroatoms. The molecule has 1 unspecified atom stereocenters. The second-order valence-electron chi connectivity index (χ2n) is 7.97. The quantitative estimate of drug-likeness (QED) is 0.345. The fourth-order valence-corrected chi connectivity index (χ4v) is 4.88. The van der Waals surface area contributed by atoms with Crippen molar-refractivity contribution in [3.05, 3.63) is 111 Å². The average molecular weight is 472 g/mol. The van der Waals surface area contributed by atoms with Gasteiger partial charge in [-0.25, -0.2) is 0 Å². The van der Waals surface area contributed by atoms with Crippen LogP contribution in [-0.4, -0.2) is 21.8 Å². The average Bonchev–Trinajstić information content (AvgIpc) is 3.26. The lowest BCUT2D eigenvalue weighted by molar-refractivity contribution is -0.112. The van der Waals surface area contributed by atoms with Crippen molar-refractivity contribution < 1.29 is 9.59 Å². The fraction of sp³-hybridized carbons (Fsp3) is 0.0385. The van der Waals surface area contributed by atoms with E-state index in [9.17, 15) is 9.59 Å². The summed E-state index contributed by atoms with van der Waals surface area (Å²) in [5.41, 5.74) is 5.35. The second-order valence-corrected chi connectivity index (χ2v) is 8.84. The Labute approximate surface area is 199 Å². The summed E-state index contributed by atoms with van der Waals surface area (Å²) < 4.78 is 0. The topological polar surface area (TPSA) is 74.8 Å². The standard InChI is InChI=1S/C26H15Cl2N3O2/c27-15-9-5-13(6-10-15)19-20-23(17-3-1-2-4-18(17)24(32)25(20)33)29-26-21(19)22(30-31-26)14-7-11-16(28)12-8-14/h1-12,19H,(H2,29,30,31). The van der Waals surface area contributed by atoms with E-state index in [0.717, 1.165) is 22.4 Å². The molecule has 1 aliphatic heterocycles. The van der Waals surface area contributed by atoms with E-state index in [1.807, 2.05) is 36.4 Å². The Bertz CT molecular complexity index is 1480. The zero-order valence-corrected chi connectivity index (χ0v) is 18.5. The molecule has 1 atom stereocenters. The van der Waals surface area contributed by atoms with Gasteiger partial charge in [0.05, 0.1) is 11.4 Å². The van der Waals surface area contributed by atoms with Gasteiger partial charge >= 0.3 is 0 Å². The van der Waals surface area contributed by atoms with E-state index in [0.29, 0.717) is 38.3 Å². The number of ketones is 2. The summed E-state index contributed by atoms with van der Waals surface area (Å²) in [6.07, 6.45) is 0. The Morgan fingerprint density at radius 3 is 2.09 bits per heavy atom. The van der Waals surface area contributed by atoms with Crippen LogP contribution in [0.4, 0.5) is 5.82 Å². The Hall–Kier alpha value is -3.67. The third-order valence-corrected chi connectivity index (χ3v) is 6.63. The molecule has 2 N–H and O–H groups in total. The van der Waals surface area contributed by atoms with Crippen molar-refractivity contribution >= 4 is 46.3 Å². The van der Waals surface area contributed by atoms with E-state index < -0.39 is 17.5 Å². The number of anilines is 1. The van der Waals surface area contributed by atoms with Crippen molar-refractivity contribution in [2.45, 2.75) is 5.92 Å². The van der Waals surface area contributed by atoms with E-state index in [2.05, 4.69) is 15.5 Å². The van der Waals surface area contributed by atoms with Crippen LogP contribution in [0.2, 0.25) is 10.0 Å². The maximum absolute atomic E-state index is 13.5. The van der Waals surface area contributed by atoms with Crippen LogP contribution in [0.15, 0.2) is 78.4 Å². The number of halogens is 2. The summed E-state index contributed by atoms with van der Waals surface area (Å²) in [7, 11) is 0. The number of allylic oxidation sites excluding steroid dienone is 1. The third-order valence-electron chi connectivity index (χ3n) is 6.12. The highest BCUT2D eigenvalue weighted by Gasteiger charge is 2.43. The molecular weight excluding hydrogens is 457 g/mol. The first-order valence-electron chi connectivity index (χ1n) is 10.3.